The molecule has 0 radical (unpaired) electrons. The van der Waals surface area contributed by atoms with Crippen molar-refractivity contribution in [1.29, 1.82) is 0 Å². The van der Waals surface area contributed by atoms with E-state index in [1.54, 1.807) is 17.0 Å². The Hall–Kier alpha value is -2.04. The second-order valence-electron chi connectivity index (χ2n) is 4.88. The van der Waals surface area contributed by atoms with Gasteiger partial charge in [0.05, 0.1) is 5.52 Å². The second kappa shape index (κ2) is 4.01. The largest absolute Gasteiger partial charge is 0.399 e. The summed E-state index contributed by atoms with van der Waals surface area (Å²) in [5.41, 5.74) is 7.71. The van der Waals surface area contributed by atoms with Crippen LogP contribution >= 0.6 is 0 Å². The van der Waals surface area contributed by atoms with E-state index < -0.39 is 0 Å². The van der Waals surface area contributed by atoms with Crippen molar-refractivity contribution >= 4 is 22.5 Å². The maximum Gasteiger partial charge on any atom is 0.274 e. The zero-order valence-electron chi connectivity index (χ0n) is 10.3. The number of aromatic nitrogens is 2. The molecule has 0 spiro atoms. The lowest BCUT2D eigenvalue weighted by Crippen LogP contribution is -2.41. The fourth-order valence-corrected chi connectivity index (χ4v) is 2.30. The van der Waals surface area contributed by atoms with Gasteiger partial charge in [-0.1, -0.05) is 0 Å². The number of carbonyl (C=O) groups excluding carboxylic acids is 1. The molecule has 5 nitrogen and oxygen atoms in total. The SMILES string of the molecule is CN(C(=O)c1n[nH]c2ccc(N)cc12)C1CCC1. The van der Waals surface area contributed by atoms with Gasteiger partial charge in [-0.15, -0.1) is 0 Å². The monoisotopic (exact) mass is 244 g/mol. The smallest absolute Gasteiger partial charge is 0.274 e. The molecule has 1 aromatic carbocycles. The fourth-order valence-electron chi connectivity index (χ4n) is 2.30. The molecule has 0 atom stereocenters. The van der Waals surface area contributed by atoms with Crippen LogP contribution in [0.3, 0.4) is 0 Å². The molecule has 1 aliphatic rings. The summed E-state index contributed by atoms with van der Waals surface area (Å²) in [7, 11) is 1.85. The summed E-state index contributed by atoms with van der Waals surface area (Å²) in [5.74, 6) is -0.0310. The number of benzene rings is 1. The number of fused-ring (bicyclic) bond motifs is 1. The molecule has 1 heterocycles. The molecule has 1 amide bonds. The summed E-state index contributed by atoms with van der Waals surface area (Å²) >= 11 is 0. The lowest BCUT2D eigenvalue weighted by Gasteiger charge is -2.34. The summed E-state index contributed by atoms with van der Waals surface area (Å²) in [6.45, 7) is 0. The number of H-pyrrole nitrogens is 1. The van der Waals surface area contributed by atoms with Crippen LogP contribution in [0.2, 0.25) is 0 Å². The van der Waals surface area contributed by atoms with Crippen LogP contribution in [-0.2, 0) is 0 Å². The van der Waals surface area contributed by atoms with Crippen LogP contribution in [0, 0.1) is 0 Å². The first-order chi connectivity index (χ1) is 8.66. The van der Waals surface area contributed by atoms with Gasteiger partial charge in [-0.05, 0) is 37.5 Å². The van der Waals surface area contributed by atoms with Gasteiger partial charge < -0.3 is 10.6 Å². The summed E-state index contributed by atoms with van der Waals surface area (Å²) in [5, 5.41) is 7.80. The standard InChI is InChI=1S/C13H16N4O/c1-17(9-3-2-4-9)13(18)12-10-7-8(14)5-6-11(10)15-16-12/h5-7,9H,2-4,14H2,1H3,(H,15,16). The van der Waals surface area contributed by atoms with Crippen LogP contribution in [0.15, 0.2) is 18.2 Å². The molecule has 3 rings (SSSR count). The minimum absolute atomic E-state index is 0.0310. The Labute approximate surface area is 105 Å². The lowest BCUT2D eigenvalue weighted by atomic mass is 9.91. The van der Waals surface area contributed by atoms with Crippen LogP contribution in [0.25, 0.3) is 10.9 Å². The quantitative estimate of drug-likeness (QED) is 0.790. The topological polar surface area (TPSA) is 75.0 Å². The Balaban J connectivity index is 1.97. The average Bonchev–Trinajstić information content (AvgIpc) is 2.68. The molecule has 18 heavy (non-hydrogen) atoms. The van der Waals surface area contributed by atoms with Crippen LogP contribution in [0.4, 0.5) is 5.69 Å². The minimum Gasteiger partial charge on any atom is -0.399 e. The van der Waals surface area contributed by atoms with Crippen molar-refractivity contribution in [2.75, 3.05) is 12.8 Å². The Morgan fingerprint density at radius 2 is 2.28 bits per heavy atom. The number of anilines is 1. The number of nitrogens with zero attached hydrogens (tertiary/aromatic N) is 2. The highest BCUT2D eigenvalue weighted by molar-refractivity contribution is 6.05. The van der Waals surface area contributed by atoms with E-state index >= 15 is 0 Å². The predicted molar refractivity (Wildman–Crippen MR) is 70.2 cm³/mol. The third-order valence-corrected chi connectivity index (χ3v) is 3.73. The summed E-state index contributed by atoms with van der Waals surface area (Å²) < 4.78 is 0. The molecule has 0 bridgehead atoms. The van der Waals surface area contributed by atoms with Gasteiger partial charge in [-0.25, -0.2) is 0 Å². The number of nitrogens with one attached hydrogen (secondary N) is 1. The summed E-state index contributed by atoms with van der Waals surface area (Å²) in [6.07, 6.45) is 3.38. The zero-order valence-corrected chi connectivity index (χ0v) is 10.3. The lowest BCUT2D eigenvalue weighted by molar-refractivity contribution is 0.0648. The van der Waals surface area contributed by atoms with E-state index in [0.29, 0.717) is 17.4 Å². The highest BCUT2D eigenvalue weighted by Gasteiger charge is 2.28. The van der Waals surface area contributed by atoms with Gasteiger partial charge in [-0.3, -0.25) is 9.89 Å². The molecule has 0 unspecified atom stereocenters. The van der Waals surface area contributed by atoms with E-state index in [-0.39, 0.29) is 5.91 Å². The maximum absolute atomic E-state index is 12.4. The van der Waals surface area contributed by atoms with E-state index in [1.165, 1.54) is 6.42 Å². The van der Waals surface area contributed by atoms with E-state index in [2.05, 4.69) is 10.2 Å². The Morgan fingerprint density at radius 1 is 1.50 bits per heavy atom. The van der Waals surface area contributed by atoms with Gasteiger partial charge in [0, 0.05) is 24.2 Å². The molecule has 2 aromatic rings. The van der Waals surface area contributed by atoms with Crippen molar-refractivity contribution in [2.24, 2.45) is 0 Å². The average molecular weight is 244 g/mol. The zero-order chi connectivity index (χ0) is 12.7. The fraction of sp³-hybridized carbons (Fsp3) is 0.385. The predicted octanol–water partition coefficient (Wildman–Crippen LogP) is 1.77. The first-order valence-corrected chi connectivity index (χ1v) is 6.17. The molecule has 5 heteroatoms. The van der Waals surface area contributed by atoms with Crippen molar-refractivity contribution in [3.05, 3.63) is 23.9 Å². The summed E-state index contributed by atoms with van der Waals surface area (Å²) in [4.78, 5) is 14.2. The molecule has 94 valence electrons. The molecule has 1 aliphatic carbocycles. The number of nitrogen functional groups attached to an aromatic ring is 1. The Bertz CT molecular complexity index is 600. The van der Waals surface area contributed by atoms with E-state index in [1.807, 2.05) is 13.1 Å². The van der Waals surface area contributed by atoms with Gasteiger partial charge in [-0.2, -0.15) is 5.10 Å². The number of carbonyl (C=O) groups is 1. The minimum atomic E-state index is -0.0310. The van der Waals surface area contributed by atoms with E-state index in [4.69, 9.17) is 5.73 Å². The Morgan fingerprint density at radius 3 is 2.94 bits per heavy atom. The van der Waals surface area contributed by atoms with Crippen LogP contribution in [0.5, 0.6) is 0 Å². The van der Waals surface area contributed by atoms with Crippen molar-refractivity contribution in [3.8, 4) is 0 Å². The van der Waals surface area contributed by atoms with Crippen molar-refractivity contribution in [1.82, 2.24) is 15.1 Å². The van der Waals surface area contributed by atoms with Crippen molar-refractivity contribution in [2.45, 2.75) is 25.3 Å². The van der Waals surface area contributed by atoms with Crippen LogP contribution < -0.4 is 5.73 Å². The Kier molecular flexibility index (Phi) is 2.47. The number of hydrogen-bond donors (Lipinski definition) is 2. The number of nitrogens with two attached hydrogens (primary N) is 1. The summed E-state index contributed by atoms with van der Waals surface area (Å²) in [6, 6.07) is 5.80. The third kappa shape index (κ3) is 1.63. The molecule has 1 fully saturated rings. The van der Waals surface area contributed by atoms with E-state index in [0.717, 1.165) is 23.7 Å². The van der Waals surface area contributed by atoms with Crippen molar-refractivity contribution in [3.63, 3.8) is 0 Å². The molecule has 0 saturated heterocycles. The number of rotatable bonds is 2. The molecule has 1 saturated carbocycles. The van der Waals surface area contributed by atoms with Gasteiger partial charge in [0.1, 0.15) is 0 Å². The van der Waals surface area contributed by atoms with E-state index in [9.17, 15) is 4.79 Å². The first-order valence-electron chi connectivity index (χ1n) is 6.17. The van der Waals surface area contributed by atoms with Crippen molar-refractivity contribution < 1.29 is 4.79 Å². The number of aromatic amines is 1. The second-order valence-corrected chi connectivity index (χ2v) is 4.88. The molecular formula is C13H16N4O. The maximum atomic E-state index is 12.4. The number of amides is 1. The normalized spacial score (nSPS) is 15.6. The van der Waals surface area contributed by atoms with Gasteiger partial charge in [0.25, 0.3) is 5.91 Å². The van der Waals surface area contributed by atoms with Gasteiger partial charge in [0.2, 0.25) is 0 Å². The first kappa shape index (κ1) is 11.1. The van der Waals surface area contributed by atoms with Crippen LogP contribution in [0.1, 0.15) is 29.8 Å². The third-order valence-electron chi connectivity index (χ3n) is 3.73. The molecule has 1 aromatic heterocycles. The number of hydrogen-bond acceptors (Lipinski definition) is 3. The highest BCUT2D eigenvalue weighted by atomic mass is 16.2. The van der Waals surface area contributed by atoms with Gasteiger partial charge >= 0.3 is 0 Å². The van der Waals surface area contributed by atoms with Crippen LogP contribution in [-0.4, -0.2) is 34.1 Å². The molecular weight excluding hydrogens is 228 g/mol. The molecule has 0 aliphatic heterocycles. The van der Waals surface area contributed by atoms with Gasteiger partial charge in [0.15, 0.2) is 5.69 Å². The highest BCUT2D eigenvalue weighted by Crippen LogP contribution is 2.26. The molecule has 3 N–H and O–H groups in total.